The second kappa shape index (κ2) is 5.43. The van der Waals surface area contributed by atoms with Crippen LogP contribution in [-0.4, -0.2) is 23.6 Å². The van der Waals surface area contributed by atoms with E-state index in [1.54, 1.807) is 5.48 Å². The van der Waals surface area contributed by atoms with E-state index in [4.69, 9.17) is 16.7 Å². The molecular formula is C9H7ClFNO4. The molecule has 0 aliphatic carbocycles. The predicted molar refractivity (Wildman–Crippen MR) is 52.5 cm³/mol. The number of rotatable bonds is 4. The molecule has 0 spiro atoms. The van der Waals surface area contributed by atoms with Gasteiger partial charge in [0.05, 0.1) is 10.6 Å². The minimum absolute atomic E-state index is 0.203. The molecule has 0 aromatic heterocycles. The van der Waals surface area contributed by atoms with Gasteiger partial charge in [0.15, 0.2) is 12.4 Å². The highest BCUT2D eigenvalue weighted by Crippen LogP contribution is 2.17. The number of aliphatic carboxylic acids is 1. The summed E-state index contributed by atoms with van der Waals surface area (Å²) in [5.41, 5.74) is 1.46. The Balaban J connectivity index is 2.66. The number of carbonyl (C=O) groups is 2. The Morgan fingerprint density at radius 3 is 2.81 bits per heavy atom. The summed E-state index contributed by atoms with van der Waals surface area (Å²) in [5, 5.41) is 8.02. The first-order valence-corrected chi connectivity index (χ1v) is 4.48. The number of nitrogens with one attached hydrogen (secondary N) is 1. The Labute approximate surface area is 94.7 Å². The van der Waals surface area contributed by atoms with Crippen molar-refractivity contribution >= 4 is 23.5 Å². The first-order chi connectivity index (χ1) is 7.52. The zero-order valence-electron chi connectivity index (χ0n) is 7.87. The van der Waals surface area contributed by atoms with Crippen molar-refractivity contribution in [2.75, 3.05) is 6.61 Å². The Kier molecular flexibility index (Phi) is 4.21. The summed E-state index contributed by atoms with van der Waals surface area (Å²) in [6, 6.07) is 3.87. The van der Waals surface area contributed by atoms with Crippen LogP contribution in [-0.2, 0) is 9.63 Å². The Morgan fingerprint density at radius 2 is 2.19 bits per heavy atom. The van der Waals surface area contributed by atoms with Crippen LogP contribution in [0.1, 0.15) is 10.4 Å². The lowest BCUT2D eigenvalue weighted by molar-refractivity contribution is -0.144. The number of carbonyl (C=O) groups excluding carboxylic acids is 1. The highest BCUT2D eigenvalue weighted by atomic mass is 35.5. The van der Waals surface area contributed by atoms with E-state index in [9.17, 15) is 14.0 Å². The molecule has 0 fully saturated rings. The maximum absolute atomic E-state index is 13.3. The average Bonchev–Trinajstić information content (AvgIpc) is 2.21. The second-order valence-electron chi connectivity index (χ2n) is 2.71. The van der Waals surface area contributed by atoms with Crippen molar-refractivity contribution in [2.24, 2.45) is 0 Å². The van der Waals surface area contributed by atoms with Crippen LogP contribution in [0.2, 0.25) is 5.02 Å². The SMILES string of the molecule is O=C(O)CONC(=O)c1cccc(Cl)c1F. The molecule has 5 nitrogen and oxygen atoms in total. The molecule has 0 saturated carbocycles. The van der Waals surface area contributed by atoms with Gasteiger partial charge in [-0.15, -0.1) is 0 Å². The number of amides is 1. The summed E-state index contributed by atoms with van der Waals surface area (Å²) in [4.78, 5) is 25.6. The normalized spacial score (nSPS) is 9.88. The number of benzene rings is 1. The molecule has 0 saturated heterocycles. The highest BCUT2D eigenvalue weighted by molar-refractivity contribution is 6.31. The van der Waals surface area contributed by atoms with Crippen molar-refractivity contribution in [3.63, 3.8) is 0 Å². The summed E-state index contributed by atoms with van der Waals surface area (Å²) >= 11 is 5.45. The molecule has 0 aliphatic rings. The van der Waals surface area contributed by atoms with Crippen LogP contribution < -0.4 is 5.48 Å². The van der Waals surface area contributed by atoms with Gasteiger partial charge >= 0.3 is 5.97 Å². The lowest BCUT2D eigenvalue weighted by Crippen LogP contribution is -2.27. The molecule has 0 bridgehead atoms. The van der Waals surface area contributed by atoms with Crippen LogP contribution >= 0.6 is 11.6 Å². The van der Waals surface area contributed by atoms with Gasteiger partial charge in [0.1, 0.15) is 0 Å². The molecule has 0 heterocycles. The first kappa shape index (κ1) is 12.4. The van der Waals surface area contributed by atoms with E-state index in [2.05, 4.69) is 4.84 Å². The van der Waals surface area contributed by atoms with Crippen molar-refractivity contribution in [2.45, 2.75) is 0 Å². The van der Waals surface area contributed by atoms with Gasteiger partial charge in [-0.2, -0.15) is 0 Å². The predicted octanol–water partition coefficient (Wildman–Crippen LogP) is 1.23. The summed E-state index contributed by atoms with van der Waals surface area (Å²) in [6.45, 7) is -0.714. The smallest absolute Gasteiger partial charge is 0.332 e. The average molecular weight is 248 g/mol. The zero-order chi connectivity index (χ0) is 12.1. The third kappa shape index (κ3) is 3.18. The second-order valence-corrected chi connectivity index (χ2v) is 3.12. The first-order valence-electron chi connectivity index (χ1n) is 4.10. The number of hydroxylamine groups is 1. The molecule has 1 amide bonds. The topological polar surface area (TPSA) is 75.6 Å². The fourth-order valence-electron chi connectivity index (χ4n) is 0.898. The molecule has 0 atom stereocenters. The largest absolute Gasteiger partial charge is 0.479 e. The maximum atomic E-state index is 13.3. The Morgan fingerprint density at radius 1 is 1.50 bits per heavy atom. The lowest BCUT2D eigenvalue weighted by Gasteiger charge is -2.05. The minimum Gasteiger partial charge on any atom is -0.479 e. The van der Waals surface area contributed by atoms with E-state index >= 15 is 0 Å². The number of halogens is 2. The third-order valence-corrected chi connectivity index (χ3v) is 1.85. The van der Waals surface area contributed by atoms with Gasteiger partial charge in [-0.25, -0.2) is 14.7 Å². The summed E-state index contributed by atoms with van der Waals surface area (Å²) in [5.74, 6) is -3.05. The standard InChI is InChI=1S/C9H7ClFNO4/c10-6-3-1-2-5(8(6)11)9(15)12-16-4-7(13)14/h1-3H,4H2,(H,12,15)(H,13,14). The van der Waals surface area contributed by atoms with Crippen LogP contribution in [0.5, 0.6) is 0 Å². The van der Waals surface area contributed by atoms with E-state index in [1.165, 1.54) is 18.2 Å². The molecule has 16 heavy (non-hydrogen) atoms. The van der Waals surface area contributed by atoms with Gasteiger partial charge in [0.2, 0.25) is 0 Å². The van der Waals surface area contributed by atoms with E-state index < -0.39 is 24.3 Å². The van der Waals surface area contributed by atoms with Gasteiger partial charge in [0.25, 0.3) is 5.91 Å². The summed E-state index contributed by atoms with van der Waals surface area (Å²) < 4.78 is 13.3. The fourth-order valence-corrected chi connectivity index (χ4v) is 1.07. The molecule has 2 N–H and O–H groups in total. The molecule has 1 rings (SSSR count). The zero-order valence-corrected chi connectivity index (χ0v) is 8.62. The monoisotopic (exact) mass is 247 g/mol. The molecule has 1 aromatic carbocycles. The van der Waals surface area contributed by atoms with Gasteiger partial charge < -0.3 is 5.11 Å². The molecule has 0 unspecified atom stereocenters. The van der Waals surface area contributed by atoms with Gasteiger partial charge in [-0.05, 0) is 12.1 Å². The molecule has 7 heteroatoms. The Hall–Kier alpha value is -1.66. The summed E-state index contributed by atoms with van der Waals surface area (Å²) in [7, 11) is 0. The van der Waals surface area contributed by atoms with Crippen molar-refractivity contribution in [3.05, 3.63) is 34.6 Å². The molecule has 0 radical (unpaired) electrons. The number of hydrogen-bond donors (Lipinski definition) is 2. The van der Waals surface area contributed by atoms with E-state index in [0.717, 1.165) is 0 Å². The van der Waals surface area contributed by atoms with Crippen LogP contribution in [0.3, 0.4) is 0 Å². The molecular weight excluding hydrogens is 241 g/mol. The summed E-state index contributed by atoms with van der Waals surface area (Å²) in [6.07, 6.45) is 0. The van der Waals surface area contributed by atoms with Crippen molar-refractivity contribution < 1.29 is 23.9 Å². The molecule has 86 valence electrons. The van der Waals surface area contributed by atoms with Gasteiger partial charge in [0, 0.05) is 0 Å². The van der Waals surface area contributed by atoms with Crippen LogP contribution in [0, 0.1) is 5.82 Å². The fraction of sp³-hybridized carbons (Fsp3) is 0.111. The Bertz CT molecular complexity index is 424. The van der Waals surface area contributed by atoms with Gasteiger partial charge in [-0.1, -0.05) is 17.7 Å². The van der Waals surface area contributed by atoms with Crippen LogP contribution in [0.25, 0.3) is 0 Å². The quantitative estimate of drug-likeness (QED) is 0.785. The minimum atomic E-state index is -1.26. The number of carboxylic acid groups (broad SMARTS) is 1. The number of carboxylic acids is 1. The number of hydrogen-bond acceptors (Lipinski definition) is 3. The highest BCUT2D eigenvalue weighted by Gasteiger charge is 2.14. The van der Waals surface area contributed by atoms with Gasteiger partial charge in [-0.3, -0.25) is 9.63 Å². The lowest BCUT2D eigenvalue weighted by atomic mass is 10.2. The van der Waals surface area contributed by atoms with Crippen molar-refractivity contribution in [1.29, 1.82) is 0 Å². The molecule has 1 aromatic rings. The third-order valence-electron chi connectivity index (χ3n) is 1.56. The van der Waals surface area contributed by atoms with Crippen molar-refractivity contribution in [1.82, 2.24) is 5.48 Å². The molecule has 0 aliphatic heterocycles. The van der Waals surface area contributed by atoms with E-state index in [-0.39, 0.29) is 10.6 Å². The van der Waals surface area contributed by atoms with E-state index in [1.807, 2.05) is 0 Å². The van der Waals surface area contributed by atoms with Crippen molar-refractivity contribution in [3.8, 4) is 0 Å². The van der Waals surface area contributed by atoms with Crippen LogP contribution in [0.4, 0.5) is 4.39 Å². The van der Waals surface area contributed by atoms with Crippen LogP contribution in [0.15, 0.2) is 18.2 Å². The maximum Gasteiger partial charge on any atom is 0.332 e. The van der Waals surface area contributed by atoms with E-state index in [0.29, 0.717) is 0 Å².